The highest BCUT2D eigenvalue weighted by atomic mass is 127. The van der Waals surface area contributed by atoms with Crippen LogP contribution in [-0.2, 0) is 6.42 Å². The van der Waals surface area contributed by atoms with E-state index in [1.165, 1.54) is 27.1 Å². The Kier molecular flexibility index (Phi) is 4.10. The lowest BCUT2D eigenvalue weighted by Gasteiger charge is -2.07. The molecule has 0 atom stereocenters. The average Bonchev–Trinajstić information content (AvgIpc) is 3.02. The predicted octanol–water partition coefficient (Wildman–Crippen LogP) is 4.59. The van der Waals surface area contributed by atoms with Gasteiger partial charge in [-0.3, -0.25) is 0 Å². The average molecular weight is 422 g/mol. The van der Waals surface area contributed by atoms with Crippen molar-refractivity contribution in [1.29, 1.82) is 0 Å². The molecule has 4 rings (SSSR count). The van der Waals surface area contributed by atoms with Gasteiger partial charge in [0.25, 0.3) is 0 Å². The van der Waals surface area contributed by atoms with Gasteiger partial charge < -0.3 is 10.5 Å². The van der Waals surface area contributed by atoms with Gasteiger partial charge in [0.2, 0.25) is 0 Å². The predicted molar refractivity (Wildman–Crippen MR) is 102 cm³/mol. The first-order chi connectivity index (χ1) is 10.2. The molecule has 1 aliphatic rings. The second kappa shape index (κ2) is 5.89. The zero-order chi connectivity index (χ0) is 14.4. The molecule has 3 aromatic rings. The van der Waals surface area contributed by atoms with Crippen molar-refractivity contribution >= 4 is 40.4 Å². The molecule has 5 heteroatoms. The zero-order valence-corrected chi connectivity index (χ0v) is 15.1. The minimum Gasteiger partial charge on any atom is -0.497 e. The smallest absolute Gasteiger partial charge is 0.180 e. The SMILES string of the molecule is COc1cccc(-c2ccc3c(c2)Cc2sc(N)nc2-3)c1.I. The van der Waals surface area contributed by atoms with Crippen LogP contribution < -0.4 is 10.5 Å². The van der Waals surface area contributed by atoms with Crippen LogP contribution in [0.4, 0.5) is 5.13 Å². The van der Waals surface area contributed by atoms with E-state index in [-0.39, 0.29) is 24.0 Å². The van der Waals surface area contributed by atoms with Gasteiger partial charge in [-0.05, 0) is 28.8 Å². The molecule has 0 saturated heterocycles. The third-order valence-corrected chi connectivity index (χ3v) is 4.71. The number of hydrogen-bond donors (Lipinski definition) is 1. The molecule has 2 N–H and O–H groups in total. The third-order valence-electron chi connectivity index (χ3n) is 3.83. The van der Waals surface area contributed by atoms with Crippen LogP contribution in [0.1, 0.15) is 10.4 Å². The normalized spacial score (nSPS) is 11.5. The first kappa shape index (κ1) is 15.3. The summed E-state index contributed by atoms with van der Waals surface area (Å²) in [6, 6.07) is 14.7. The number of hydrogen-bond acceptors (Lipinski definition) is 4. The first-order valence-electron chi connectivity index (χ1n) is 6.77. The van der Waals surface area contributed by atoms with Gasteiger partial charge in [-0.15, -0.1) is 35.3 Å². The molecule has 112 valence electrons. The van der Waals surface area contributed by atoms with E-state index in [9.17, 15) is 0 Å². The molecule has 2 aromatic carbocycles. The van der Waals surface area contributed by atoms with E-state index in [1.807, 2.05) is 12.1 Å². The highest BCUT2D eigenvalue weighted by molar-refractivity contribution is 14.0. The number of fused-ring (bicyclic) bond motifs is 3. The largest absolute Gasteiger partial charge is 0.497 e. The summed E-state index contributed by atoms with van der Waals surface area (Å²) in [6.45, 7) is 0. The van der Waals surface area contributed by atoms with Crippen LogP contribution in [0.2, 0.25) is 0 Å². The monoisotopic (exact) mass is 422 g/mol. The van der Waals surface area contributed by atoms with Gasteiger partial charge in [0.05, 0.1) is 12.8 Å². The van der Waals surface area contributed by atoms with Crippen molar-refractivity contribution in [3.05, 3.63) is 52.9 Å². The van der Waals surface area contributed by atoms with Crippen molar-refractivity contribution in [3.8, 4) is 28.1 Å². The maximum atomic E-state index is 5.79. The minimum absolute atomic E-state index is 0. The highest BCUT2D eigenvalue weighted by Crippen LogP contribution is 2.41. The van der Waals surface area contributed by atoms with E-state index in [2.05, 4.69) is 35.3 Å². The van der Waals surface area contributed by atoms with Gasteiger partial charge in [0.1, 0.15) is 5.75 Å². The van der Waals surface area contributed by atoms with Crippen LogP contribution in [-0.4, -0.2) is 12.1 Å². The van der Waals surface area contributed by atoms with Crippen molar-refractivity contribution in [1.82, 2.24) is 4.98 Å². The highest BCUT2D eigenvalue weighted by Gasteiger charge is 2.23. The fourth-order valence-electron chi connectivity index (χ4n) is 2.83. The fourth-order valence-corrected chi connectivity index (χ4v) is 3.70. The molecule has 1 aromatic heterocycles. The second-order valence-corrected chi connectivity index (χ2v) is 6.22. The van der Waals surface area contributed by atoms with E-state index < -0.39 is 0 Å². The second-order valence-electron chi connectivity index (χ2n) is 5.10. The Labute approximate surface area is 150 Å². The third kappa shape index (κ3) is 2.48. The number of nitrogens with zero attached hydrogens (tertiary/aromatic N) is 1. The molecule has 1 aliphatic carbocycles. The number of ether oxygens (including phenoxy) is 1. The molecule has 0 unspecified atom stereocenters. The van der Waals surface area contributed by atoms with Crippen LogP contribution >= 0.6 is 35.3 Å². The molecule has 0 fully saturated rings. The summed E-state index contributed by atoms with van der Waals surface area (Å²) >= 11 is 1.59. The van der Waals surface area contributed by atoms with Gasteiger partial charge in [0.15, 0.2) is 5.13 Å². The van der Waals surface area contributed by atoms with E-state index in [4.69, 9.17) is 10.5 Å². The Hall–Kier alpha value is -1.60. The van der Waals surface area contributed by atoms with Crippen LogP contribution in [0, 0.1) is 0 Å². The van der Waals surface area contributed by atoms with Crippen molar-refractivity contribution in [3.63, 3.8) is 0 Å². The standard InChI is InChI=1S/C17H14N2OS.HI/c1-20-13-4-2-3-10(8-13)11-5-6-14-12(7-11)9-15-16(14)19-17(18)21-15;/h2-8H,9H2,1H3,(H2,18,19);1H. The molecule has 0 amide bonds. The number of halogens is 1. The van der Waals surface area contributed by atoms with Gasteiger partial charge in [0, 0.05) is 16.9 Å². The van der Waals surface area contributed by atoms with Crippen LogP contribution in [0.15, 0.2) is 42.5 Å². The molecule has 0 spiro atoms. The Morgan fingerprint density at radius 2 is 1.95 bits per heavy atom. The molecular formula is C17H15IN2OS. The minimum atomic E-state index is 0. The first-order valence-corrected chi connectivity index (χ1v) is 7.59. The maximum absolute atomic E-state index is 5.79. The lowest BCUT2D eigenvalue weighted by atomic mass is 10.00. The van der Waals surface area contributed by atoms with E-state index in [0.717, 1.165) is 17.9 Å². The van der Waals surface area contributed by atoms with Gasteiger partial charge in [-0.25, -0.2) is 4.98 Å². The maximum Gasteiger partial charge on any atom is 0.180 e. The summed E-state index contributed by atoms with van der Waals surface area (Å²) in [7, 11) is 1.69. The molecule has 0 radical (unpaired) electrons. The number of benzene rings is 2. The number of methoxy groups -OCH3 is 1. The zero-order valence-electron chi connectivity index (χ0n) is 12.0. The van der Waals surface area contributed by atoms with E-state index in [1.54, 1.807) is 18.4 Å². The Bertz CT molecular complexity index is 844. The van der Waals surface area contributed by atoms with Crippen molar-refractivity contribution < 1.29 is 4.74 Å². The van der Waals surface area contributed by atoms with Crippen molar-refractivity contribution in [2.24, 2.45) is 0 Å². The summed E-state index contributed by atoms with van der Waals surface area (Å²) in [5.41, 5.74) is 11.8. The number of aromatic nitrogens is 1. The van der Waals surface area contributed by atoms with E-state index in [0.29, 0.717) is 5.13 Å². The van der Waals surface area contributed by atoms with Gasteiger partial charge >= 0.3 is 0 Å². The Morgan fingerprint density at radius 3 is 2.77 bits per heavy atom. The number of nitrogen functional groups attached to an aromatic ring is 1. The van der Waals surface area contributed by atoms with Crippen LogP contribution in [0.25, 0.3) is 22.4 Å². The molecular weight excluding hydrogens is 407 g/mol. The lowest BCUT2D eigenvalue weighted by molar-refractivity contribution is 0.415. The molecule has 0 bridgehead atoms. The Balaban J connectivity index is 0.00000144. The number of nitrogens with two attached hydrogens (primary N) is 1. The summed E-state index contributed by atoms with van der Waals surface area (Å²) in [5.74, 6) is 0.876. The molecule has 22 heavy (non-hydrogen) atoms. The van der Waals surface area contributed by atoms with Crippen molar-refractivity contribution in [2.75, 3.05) is 12.8 Å². The van der Waals surface area contributed by atoms with Gasteiger partial charge in [-0.1, -0.05) is 30.3 Å². The quantitative estimate of drug-likeness (QED) is 0.481. The summed E-state index contributed by atoms with van der Waals surface area (Å²) < 4.78 is 5.30. The van der Waals surface area contributed by atoms with Crippen LogP contribution in [0.5, 0.6) is 5.75 Å². The summed E-state index contributed by atoms with van der Waals surface area (Å²) in [5, 5.41) is 0.655. The molecule has 3 nitrogen and oxygen atoms in total. The molecule has 1 heterocycles. The van der Waals surface area contributed by atoms with E-state index >= 15 is 0 Å². The molecule has 0 saturated carbocycles. The fraction of sp³-hybridized carbons (Fsp3) is 0.118. The molecule has 0 aliphatic heterocycles. The lowest BCUT2D eigenvalue weighted by Crippen LogP contribution is -1.87. The van der Waals surface area contributed by atoms with Crippen molar-refractivity contribution in [2.45, 2.75) is 6.42 Å². The van der Waals surface area contributed by atoms with Crippen LogP contribution in [0.3, 0.4) is 0 Å². The number of anilines is 1. The number of rotatable bonds is 2. The summed E-state index contributed by atoms with van der Waals surface area (Å²) in [4.78, 5) is 5.71. The topological polar surface area (TPSA) is 48.1 Å². The Morgan fingerprint density at radius 1 is 1.14 bits per heavy atom. The van der Waals surface area contributed by atoms with Gasteiger partial charge in [-0.2, -0.15) is 0 Å². The summed E-state index contributed by atoms with van der Waals surface area (Å²) in [6.07, 6.45) is 0.928. The number of thiazole rings is 1.